The molecule has 2 unspecified atom stereocenters. The van der Waals surface area contributed by atoms with E-state index in [1.165, 1.54) is 6.33 Å². The van der Waals surface area contributed by atoms with Crippen LogP contribution in [-0.4, -0.2) is 42.4 Å². The van der Waals surface area contributed by atoms with Crippen molar-refractivity contribution in [2.24, 2.45) is 11.8 Å². The van der Waals surface area contributed by atoms with Gasteiger partial charge in [-0.2, -0.15) is 5.26 Å². The number of ether oxygens (including phenoxy) is 2. The second kappa shape index (κ2) is 7.87. The van der Waals surface area contributed by atoms with Crippen molar-refractivity contribution in [1.29, 1.82) is 5.26 Å². The van der Waals surface area contributed by atoms with Gasteiger partial charge in [-0.3, -0.25) is 0 Å². The van der Waals surface area contributed by atoms with E-state index >= 15 is 0 Å². The molecule has 9 heteroatoms. The summed E-state index contributed by atoms with van der Waals surface area (Å²) in [7, 11) is 0. The zero-order valence-electron chi connectivity index (χ0n) is 14.3. The summed E-state index contributed by atoms with van der Waals surface area (Å²) in [6.07, 6.45) is 1.40. The van der Waals surface area contributed by atoms with E-state index in [1.54, 1.807) is 18.2 Å². The molecule has 2 bridgehead atoms. The van der Waals surface area contributed by atoms with Crippen molar-refractivity contribution < 1.29 is 9.47 Å². The number of aromatic nitrogens is 2. The summed E-state index contributed by atoms with van der Waals surface area (Å²) in [5.41, 5.74) is 1.07. The lowest BCUT2D eigenvalue weighted by molar-refractivity contribution is -0.0834. The summed E-state index contributed by atoms with van der Waals surface area (Å²) < 4.78 is 11.8. The van der Waals surface area contributed by atoms with Crippen LogP contribution >= 0.6 is 23.2 Å². The summed E-state index contributed by atoms with van der Waals surface area (Å²) in [5.74, 6) is 1.24. The number of nitriles is 1. The van der Waals surface area contributed by atoms with Crippen LogP contribution in [0.25, 0.3) is 0 Å². The van der Waals surface area contributed by atoms with Gasteiger partial charge in [-0.1, -0.05) is 23.2 Å². The Balaban J connectivity index is 1.55. The molecule has 2 aliphatic rings. The van der Waals surface area contributed by atoms with Crippen LogP contribution in [0, 0.1) is 23.2 Å². The van der Waals surface area contributed by atoms with Crippen molar-refractivity contribution in [3.05, 3.63) is 40.1 Å². The minimum Gasteiger partial charge on any atom is -0.472 e. The smallest absolute Gasteiger partial charge is 0.238 e. The van der Waals surface area contributed by atoms with Gasteiger partial charge in [-0.25, -0.2) is 9.97 Å². The van der Waals surface area contributed by atoms with Gasteiger partial charge in [0.25, 0.3) is 0 Å². The first-order valence-electron chi connectivity index (χ1n) is 8.58. The predicted molar refractivity (Wildman–Crippen MR) is 102 cm³/mol. The van der Waals surface area contributed by atoms with Gasteiger partial charge in [0, 0.05) is 24.9 Å². The van der Waals surface area contributed by atoms with Gasteiger partial charge in [-0.15, -0.1) is 0 Å². The van der Waals surface area contributed by atoms with Gasteiger partial charge < -0.3 is 20.1 Å². The van der Waals surface area contributed by atoms with Crippen molar-refractivity contribution in [1.82, 2.24) is 15.3 Å². The summed E-state index contributed by atoms with van der Waals surface area (Å²) in [6, 6.07) is 6.99. The molecule has 27 heavy (non-hydrogen) atoms. The number of halogens is 2. The minimum absolute atomic E-state index is 0.00116. The monoisotopic (exact) mass is 405 g/mol. The number of anilines is 2. The van der Waals surface area contributed by atoms with E-state index in [9.17, 15) is 0 Å². The zero-order valence-corrected chi connectivity index (χ0v) is 15.8. The first-order chi connectivity index (χ1) is 13.2. The molecule has 3 heterocycles. The normalized spacial score (nSPS) is 24.1. The maximum Gasteiger partial charge on any atom is 0.238 e. The molecule has 2 saturated heterocycles. The Morgan fingerprint density at radius 2 is 2.00 bits per heavy atom. The van der Waals surface area contributed by atoms with Crippen LogP contribution in [0.1, 0.15) is 5.56 Å². The molecular formula is C18H17Cl2N5O2. The van der Waals surface area contributed by atoms with Gasteiger partial charge in [0.15, 0.2) is 5.82 Å². The number of rotatable bonds is 4. The molecule has 0 radical (unpaired) electrons. The summed E-state index contributed by atoms with van der Waals surface area (Å²) >= 11 is 12.7. The average molecular weight is 406 g/mol. The predicted octanol–water partition coefficient (Wildman–Crippen LogP) is 3.01. The zero-order chi connectivity index (χ0) is 18.8. The Bertz CT molecular complexity index is 867. The Labute approximate surface area is 166 Å². The molecule has 2 N–H and O–H groups in total. The van der Waals surface area contributed by atoms with E-state index in [1.807, 2.05) is 6.07 Å². The highest BCUT2D eigenvalue weighted by Gasteiger charge is 2.39. The molecule has 1 aromatic heterocycles. The largest absolute Gasteiger partial charge is 0.472 e. The Hall–Kier alpha value is -2.11. The van der Waals surface area contributed by atoms with Gasteiger partial charge in [-0.05, 0) is 18.2 Å². The number of benzene rings is 1. The second-order valence-corrected chi connectivity index (χ2v) is 7.36. The van der Waals surface area contributed by atoms with Crippen LogP contribution in [0.5, 0.6) is 5.88 Å². The van der Waals surface area contributed by atoms with Crippen molar-refractivity contribution in [2.45, 2.75) is 6.10 Å². The molecule has 140 valence electrons. The second-order valence-electron chi connectivity index (χ2n) is 6.57. The maximum absolute atomic E-state index is 8.95. The van der Waals surface area contributed by atoms with Crippen LogP contribution in [0.15, 0.2) is 24.5 Å². The summed E-state index contributed by atoms with van der Waals surface area (Å²) in [4.78, 5) is 8.40. The molecule has 7 nitrogen and oxygen atoms in total. The van der Waals surface area contributed by atoms with Crippen LogP contribution in [0.4, 0.5) is 11.5 Å². The van der Waals surface area contributed by atoms with E-state index in [0.29, 0.717) is 41.2 Å². The molecule has 2 aromatic rings. The van der Waals surface area contributed by atoms with E-state index in [2.05, 4.69) is 20.6 Å². The Morgan fingerprint density at radius 3 is 2.70 bits per heavy atom. The number of fused-ring (bicyclic) bond motifs is 2. The molecular weight excluding hydrogens is 389 g/mol. The van der Waals surface area contributed by atoms with Gasteiger partial charge in [0.1, 0.15) is 17.5 Å². The lowest BCUT2D eigenvalue weighted by Gasteiger charge is -2.42. The first kappa shape index (κ1) is 18.3. The van der Waals surface area contributed by atoms with Crippen LogP contribution in [-0.2, 0) is 4.74 Å². The molecule has 0 amide bonds. The molecule has 4 rings (SSSR count). The van der Waals surface area contributed by atoms with Crippen molar-refractivity contribution in [2.75, 3.05) is 31.6 Å². The van der Waals surface area contributed by atoms with Crippen molar-refractivity contribution in [3.63, 3.8) is 0 Å². The molecule has 0 aliphatic carbocycles. The van der Waals surface area contributed by atoms with Gasteiger partial charge in [0.2, 0.25) is 5.88 Å². The Morgan fingerprint density at radius 1 is 1.22 bits per heavy atom. The fourth-order valence-corrected chi connectivity index (χ4v) is 3.82. The number of nitrogens with zero attached hydrogens (tertiary/aromatic N) is 3. The lowest BCUT2D eigenvalue weighted by Crippen LogP contribution is -2.56. The quantitative estimate of drug-likeness (QED) is 0.807. The van der Waals surface area contributed by atoms with E-state index in [0.717, 1.165) is 13.1 Å². The van der Waals surface area contributed by atoms with E-state index in [-0.39, 0.29) is 23.0 Å². The molecule has 0 saturated carbocycles. The van der Waals surface area contributed by atoms with Gasteiger partial charge in [0.05, 0.1) is 35.6 Å². The average Bonchev–Trinajstić information content (AvgIpc) is 2.66. The summed E-state index contributed by atoms with van der Waals surface area (Å²) in [5, 5.41) is 16.1. The molecule has 2 aliphatic heterocycles. The highest BCUT2D eigenvalue weighted by atomic mass is 35.5. The van der Waals surface area contributed by atoms with E-state index < -0.39 is 0 Å². The number of piperidine rings is 1. The van der Waals surface area contributed by atoms with Crippen molar-refractivity contribution >= 4 is 34.7 Å². The molecule has 2 fully saturated rings. The van der Waals surface area contributed by atoms with Crippen LogP contribution in [0.2, 0.25) is 10.0 Å². The van der Waals surface area contributed by atoms with E-state index in [4.69, 9.17) is 37.9 Å². The van der Waals surface area contributed by atoms with Crippen LogP contribution < -0.4 is 15.4 Å². The minimum atomic E-state index is -0.00116. The first-order valence-corrected chi connectivity index (χ1v) is 9.33. The molecule has 2 atom stereocenters. The SMILES string of the molecule is N#Cc1ccc(Nc2ncnc(OC3C4CNCC3COC4)c2Cl)c(Cl)c1. The lowest BCUT2D eigenvalue weighted by atomic mass is 9.86. The van der Waals surface area contributed by atoms with Gasteiger partial charge >= 0.3 is 0 Å². The fourth-order valence-electron chi connectivity index (χ4n) is 3.41. The topological polar surface area (TPSA) is 92.1 Å². The van der Waals surface area contributed by atoms with Crippen molar-refractivity contribution in [3.8, 4) is 11.9 Å². The third kappa shape index (κ3) is 3.80. The third-order valence-electron chi connectivity index (χ3n) is 4.76. The van der Waals surface area contributed by atoms with Crippen LogP contribution in [0.3, 0.4) is 0 Å². The fraction of sp³-hybridized carbons (Fsp3) is 0.389. The Kier molecular flexibility index (Phi) is 5.32. The molecule has 0 spiro atoms. The number of hydrogen-bond donors (Lipinski definition) is 2. The molecule has 1 aromatic carbocycles. The number of nitrogens with one attached hydrogen (secondary N) is 2. The third-order valence-corrected chi connectivity index (χ3v) is 5.42. The highest BCUT2D eigenvalue weighted by molar-refractivity contribution is 6.35. The summed E-state index contributed by atoms with van der Waals surface area (Å²) in [6.45, 7) is 3.00. The maximum atomic E-state index is 8.95. The standard InChI is InChI=1S/C18H17Cl2N5O2/c19-13-3-10(4-21)1-2-14(13)25-17-15(20)18(24-9-23-17)27-16-11-5-22-6-12(16)8-26-7-11/h1-3,9,11-12,16,22H,5-8H2,(H,23,24,25). The highest BCUT2D eigenvalue weighted by Crippen LogP contribution is 2.35. The number of hydrogen-bond acceptors (Lipinski definition) is 7.